The highest BCUT2D eigenvalue weighted by Crippen LogP contribution is 2.29. The second-order valence-corrected chi connectivity index (χ2v) is 6.51. The zero-order chi connectivity index (χ0) is 18.4. The van der Waals surface area contributed by atoms with Crippen LogP contribution < -0.4 is 15.0 Å². The van der Waals surface area contributed by atoms with Gasteiger partial charge in [0, 0.05) is 13.1 Å². The predicted molar refractivity (Wildman–Crippen MR) is 102 cm³/mol. The van der Waals surface area contributed by atoms with Crippen LogP contribution in [0.3, 0.4) is 0 Å². The van der Waals surface area contributed by atoms with Gasteiger partial charge in [0.15, 0.2) is 0 Å². The lowest BCUT2D eigenvalue weighted by molar-refractivity contribution is -0.115. The Morgan fingerprint density at radius 2 is 1.85 bits per heavy atom. The van der Waals surface area contributed by atoms with Crippen LogP contribution in [-0.2, 0) is 11.2 Å². The minimum atomic E-state index is -0.345. The molecular weight excluding hydrogens is 331 g/mol. The van der Waals surface area contributed by atoms with E-state index in [4.69, 9.17) is 4.74 Å². The minimum absolute atomic E-state index is 0.155. The second kappa shape index (κ2) is 8.70. The number of nitrogens with zero attached hydrogens (tertiary/aromatic N) is 1. The number of hydrogen-bond acceptors (Lipinski definition) is 3. The van der Waals surface area contributed by atoms with Gasteiger partial charge in [-0.1, -0.05) is 12.1 Å². The zero-order valence-corrected chi connectivity index (χ0v) is 15.1. The summed E-state index contributed by atoms with van der Waals surface area (Å²) in [6.07, 6.45) is 3.70. The second-order valence-electron chi connectivity index (χ2n) is 6.51. The largest absolute Gasteiger partial charge is 0.494 e. The molecule has 0 saturated carbocycles. The van der Waals surface area contributed by atoms with Crippen molar-refractivity contribution in [2.45, 2.75) is 32.6 Å². The summed E-state index contributed by atoms with van der Waals surface area (Å²) < 4.78 is 19.1. The molecule has 1 saturated heterocycles. The maximum Gasteiger partial charge on any atom is 0.228 e. The molecule has 0 aromatic heterocycles. The van der Waals surface area contributed by atoms with Gasteiger partial charge in [-0.25, -0.2) is 4.39 Å². The maximum absolute atomic E-state index is 13.7. The highest BCUT2D eigenvalue weighted by molar-refractivity contribution is 5.95. The first-order valence-corrected chi connectivity index (χ1v) is 9.22. The highest BCUT2D eigenvalue weighted by Gasteiger charge is 2.16. The Balaban J connectivity index is 1.69. The lowest BCUT2D eigenvalue weighted by Crippen LogP contribution is -2.30. The molecule has 1 aliphatic heterocycles. The van der Waals surface area contributed by atoms with Crippen molar-refractivity contribution in [3.63, 3.8) is 0 Å². The fourth-order valence-corrected chi connectivity index (χ4v) is 3.27. The van der Waals surface area contributed by atoms with Crippen molar-refractivity contribution in [2.75, 3.05) is 29.9 Å². The summed E-state index contributed by atoms with van der Waals surface area (Å²) in [5.74, 6) is 0.286. The van der Waals surface area contributed by atoms with Crippen molar-refractivity contribution in [3.8, 4) is 5.75 Å². The number of amides is 1. The van der Waals surface area contributed by atoms with E-state index in [9.17, 15) is 9.18 Å². The molecule has 0 bridgehead atoms. The summed E-state index contributed by atoms with van der Waals surface area (Å²) in [6, 6.07) is 12.1. The third kappa shape index (κ3) is 4.75. The van der Waals surface area contributed by atoms with Gasteiger partial charge < -0.3 is 15.0 Å². The standard InChI is InChI=1S/C21H25FN2O2/c1-2-26-18-9-6-16(7-10-18)14-21(25)23-19-15-17(22)8-11-20(19)24-12-4-3-5-13-24/h6-11,15H,2-5,12-14H2,1H3,(H,23,25). The van der Waals surface area contributed by atoms with E-state index in [0.717, 1.165) is 42.9 Å². The van der Waals surface area contributed by atoms with Crippen molar-refractivity contribution in [1.82, 2.24) is 0 Å². The summed E-state index contributed by atoms with van der Waals surface area (Å²) in [5.41, 5.74) is 2.33. The molecule has 3 rings (SSSR count). The van der Waals surface area contributed by atoms with Gasteiger partial charge in [0.1, 0.15) is 11.6 Å². The highest BCUT2D eigenvalue weighted by atomic mass is 19.1. The maximum atomic E-state index is 13.7. The lowest BCUT2D eigenvalue weighted by atomic mass is 10.1. The van der Waals surface area contributed by atoms with Gasteiger partial charge in [0.05, 0.1) is 24.4 Å². The molecule has 1 aliphatic rings. The third-order valence-electron chi connectivity index (χ3n) is 4.53. The molecule has 1 amide bonds. The van der Waals surface area contributed by atoms with Gasteiger partial charge >= 0.3 is 0 Å². The fraction of sp³-hybridized carbons (Fsp3) is 0.381. The average molecular weight is 356 g/mol. The number of carbonyl (C=O) groups excluding carboxylic acids is 1. The first kappa shape index (κ1) is 18.2. The van der Waals surface area contributed by atoms with Crippen LogP contribution in [0.2, 0.25) is 0 Å². The molecule has 1 fully saturated rings. The molecule has 0 spiro atoms. The van der Waals surface area contributed by atoms with Crippen LogP contribution in [0, 0.1) is 5.82 Å². The van der Waals surface area contributed by atoms with Crippen molar-refractivity contribution in [2.24, 2.45) is 0 Å². The number of ether oxygens (including phenoxy) is 1. The van der Waals surface area contributed by atoms with Crippen LogP contribution >= 0.6 is 0 Å². The van der Waals surface area contributed by atoms with Gasteiger partial charge in [0.2, 0.25) is 5.91 Å². The normalized spacial score (nSPS) is 14.2. The Morgan fingerprint density at radius 3 is 2.54 bits per heavy atom. The van der Waals surface area contributed by atoms with Crippen molar-refractivity contribution < 1.29 is 13.9 Å². The molecule has 1 N–H and O–H groups in total. The van der Waals surface area contributed by atoms with E-state index in [1.807, 2.05) is 31.2 Å². The topological polar surface area (TPSA) is 41.6 Å². The van der Waals surface area contributed by atoms with E-state index in [2.05, 4.69) is 10.2 Å². The Morgan fingerprint density at radius 1 is 1.12 bits per heavy atom. The van der Waals surface area contributed by atoms with Gasteiger partial charge in [-0.05, 0) is 62.1 Å². The molecule has 4 nitrogen and oxygen atoms in total. The van der Waals surface area contributed by atoms with Crippen LogP contribution in [0.25, 0.3) is 0 Å². The smallest absolute Gasteiger partial charge is 0.228 e. The average Bonchev–Trinajstić information content (AvgIpc) is 2.64. The summed E-state index contributed by atoms with van der Waals surface area (Å²) in [6.45, 7) is 4.42. The number of halogens is 1. The molecule has 2 aromatic carbocycles. The molecule has 0 radical (unpaired) electrons. The molecular formula is C21H25FN2O2. The number of rotatable bonds is 6. The van der Waals surface area contributed by atoms with E-state index in [1.165, 1.54) is 18.6 Å². The van der Waals surface area contributed by atoms with E-state index in [1.54, 1.807) is 6.07 Å². The molecule has 0 aliphatic carbocycles. The Kier molecular flexibility index (Phi) is 6.10. The molecule has 138 valence electrons. The quantitative estimate of drug-likeness (QED) is 0.834. The van der Waals surface area contributed by atoms with Crippen molar-refractivity contribution in [1.29, 1.82) is 0 Å². The summed E-state index contributed by atoms with van der Waals surface area (Å²) in [4.78, 5) is 14.7. The van der Waals surface area contributed by atoms with Crippen molar-refractivity contribution >= 4 is 17.3 Å². The SMILES string of the molecule is CCOc1ccc(CC(=O)Nc2cc(F)ccc2N2CCCCC2)cc1. The molecule has 1 heterocycles. The van der Waals surface area contributed by atoms with Crippen LogP contribution in [0.1, 0.15) is 31.7 Å². The molecule has 26 heavy (non-hydrogen) atoms. The monoisotopic (exact) mass is 356 g/mol. The number of carbonyl (C=O) groups is 1. The molecule has 0 atom stereocenters. The van der Waals surface area contributed by atoms with Crippen LogP contribution in [0.15, 0.2) is 42.5 Å². The Labute approximate surface area is 154 Å². The fourth-order valence-electron chi connectivity index (χ4n) is 3.27. The first-order valence-electron chi connectivity index (χ1n) is 9.22. The van der Waals surface area contributed by atoms with E-state index in [0.29, 0.717) is 12.3 Å². The third-order valence-corrected chi connectivity index (χ3v) is 4.53. The lowest BCUT2D eigenvalue weighted by Gasteiger charge is -2.30. The Bertz CT molecular complexity index is 740. The Hall–Kier alpha value is -2.56. The van der Waals surface area contributed by atoms with Crippen LogP contribution in [0.4, 0.5) is 15.8 Å². The summed E-state index contributed by atoms with van der Waals surface area (Å²) in [7, 11) is 0. The van der Waals surface area contributed by atoms with Gasteiger partial charge in [-0.2, -0.15) is 0 Å². The number of benzene rings is 2. The van der Waals surface area contributed by atoms with E-state index < -0.39 is 0 Å². The number of nitrogens with one attached hydrogen (secondary N) is 1. The van der Waals surface area contributed by atoms with E-state index >= 15 is 0 Å². The minimum Gasteiger partial charge on any atom is -0.494 e. The predicted octanol–water partition coefficient (Wildman–Crippen LogP) is 4.40. The molecule has 5 heteroatoms. The van der Waals surface area contributed by atoms with Gasteiger partial charge in [0.25, 0.3) is 0 Å². The van der Waals surface area contributed by atoms with Gasteiger partial charge in [-0.3, -0.25) is 4.79 Å². The van der Waals surface area contributed by atoms with Crippen LogP contribution in [0.5, 0.6) is 5.75 Å². The zero-order valence-electron chi connectivity index (χ0n) is 15.1. The van der Waals surface area contributed by atoms with Crippen molar-refractivity contribution in [3.05, 3.63) is 53.8 Å². The number of anilines is 2. The van der Waals surface area contributed by atoms with Gasteiger partial charge in [-0.15, -0.1) is 0 Å². The number of hydrogen-bond donors (Lipinski definition) is 1. The number of piperidine rings is 1. The molecule has 0 unspecified atom stereocenters. The molecule has 2 aromatic rings. The van der Waals surface area contributed by atoms with E-state index in [-0.39, 0.29) is 18.1 Å². The first-order chi connectivity index (χ1) is 12.7. The summed E-state index contributed by atoms with van der Waals surface area (Å²) >= 11 is 0. The van der Waals surface area contributed by atoms with Crippen LogP contribution in [-0.4, -0.2) is 25.6 Å². The summed E-state index contributed by atoms with van der Waals surface area (Å²) in [5, 5.41) is 2.89.